The lowest BCUT2D eigenvalue weighted by Crippen LogP contribution is -2.37. The summed E-state index contributed by atoms with van der Waals surface area (Å²) in [7, 11) is 0. The van der Waals surface area contributed by atoms with Crippen LogP contribution in [0.25, 0.3) is 49.7 Å². The van der Waals surface area contributed by atoms with Gasteiger partial charge in [-0.25, -0.2) is 0 Å². The van der Waals surface area contributed by atoms with Crippen LogP contribution in [0.5, 0.6) is 0 Å². The topological polar surface area (TPSA) is 4.93 Å². The van der Waals surface area contributed by atoms with Crippen molar-refractivity contribution in [2.24, 2.45) is 0 Å². The van der Waals surface area contributed by atoms with E-state index in [4.69, 9.17) is 0 Å². The van der Waals surface area contributed by atoms with Gasteiger partial charge in [-0.1, -0.05) is 163 Å². The summed E-state index contributed by atoms with van der Waals surface area (Å²) in [6.45, 7) is 0. The van der Waals surface area contributed by atoms with Gasteiger partial charge in [0.2, 0.25) is 0 Å². The Labute approximate surface area is 311 Å². The Bertz CT molecular complexity index is 2810. The van der Waals surface area contributed by atoms with Gasteiger partial charge < -0.3 is 4.57 Å². The van der Waals surface area contributed by atoms with Crippen LogP contribution in [0.15, 0.2) is 208 Å². The van der Waals surface area contributed by atoms with Gasteiger partial charge in [0.15, 0.2) is 0 Å². The molecule has 1 spiro atoms. The standard InChI is InChI=1S/C49H31NS2/c1-3-14-32(15-4-1)36-19-13-25-46-48(36)49(39-20-8-11-23-44(39)51-45-24-12-9-21-40(45)49)41-29-27-34(31-47(41)52-46)33-26-28-38-37-18-7-10-22-42(37)50(43(38)30-33)35-16-5-2-6-17-35/h1-31H. The van der Waals surface area contributed by atoms with Gasteiger partial charge in [0, 0.05) is 36.0 Å². The van der Waals surface area contributed by atoms with Gasteiger partial charge in [0.25, 0.3) is 0 Å². The van der Waals surface area contributed by atoms with Crippen molar-refractivity contribution in [2.45, 2.75) is 25.0 Å². The third-order valence-corrected chi connectivity index (χ3v) is 13.2. The fourth-order valence-corrected chi connectivity index (χ4v) is 11.2. The summed E-state index contributed by atoms with van der Waals surface area (Å²) in [5.74, 6) is 0. The molecule has 0 bridgehead atoms. The molecule has 244 valence electrons. The van der Waals surface area contributed by atoms with E-state index >= 15 is 0 Å². The average molecular weight is 698 g/mol. The second-order valence-corrected chi connectivity index (χ2v) is 15.8. The zero-order chi connectivity index (χ0) is 34.2. The number of para-hydroxylation sites is 2. The summed E-state index contributed by atoms with van der Waals surface area (Å²) in [5, 5.41) is 2.54. The molecule has 3 heterocycles. The molecule has 52 heavy (non-hydrogen) atoms. The van der Waals surface area contributed by atoms with E-state index in [1.807, 2.05) is 23.5 Å². The number of hydrogen-bond donors (Lipinski definition) is 0. The highest BCUT2D eigenvalue weighted by molar-refractivity contribution is 8.00. The van der Waals surface area contributed by atoms with Gasteiger partial charge in [-0.05, 0) is 93.0 Å². The molecule has 3 heteroatoms. The van der Waals surface area contributed by atoms with Gasteiger partial charge >= 0.3 is 0 Å². The van der Waals surface area contributed by atoms with Crippen molar-refractivity contribution in [2.75, 3.05) is 0 Å². The Hall–Kier alpha value is -5.74. The van der Waals surface area contributed by atoms with Crippen LogP contribution in [0, 0.1) is 0 Å². The van der Waals surface area contributed by atoms with Gasteiger partial charge in [-0.2, -0.15) is 0 Å². The molecule has 0 fully saturated rings. The molecule has 0 saturated carbocycles. The third-order valence-electron chi connectivity index (χ3n) is 10.9. The van der Waals surface area contributed by atoms with E-state index in [-0.39, 0.29) is 0 Å². The molecular weight excluding hydrogens is 667 g/mol. The third kappa shape index (κ3) is 4.27. The van der Waals surface area contributed by atoms with Crippen molar-refractivity contribution in [3.63, 3.8) is 0 Å². The van der Waals surface area contributed by atoms with Crippen LogP contribution in [-0.2, 0) is 5.41 Å². The second kappa shape index (κ2) is 11.6. The van der Waals surface area contributed by atoms with E-state index in [0.29, 0.717) is 0 Å². The number of aromatic nitrogens is 1. The van der Waals surface area contributed by atoms with E-state index < -0.39 is 5.41 Å². The molecule has 0 unspecified atom stereocenters. The molecule has 9 aromatic rings. The van der Waals surface area contributed by atoms with E-state index in [9.17, 15) is 0 Å². The first kappa shape index (κ1) is 29.9. The summed E-state index contributed by atoms with van der Waals surface area (Å²) in [6.07, 6.45) is 0. The van der Waals surface area contributed by atoms with Crippen LogP contribution in [0.3, 0.4) is 0 Å². The summed E-state index contributed by atoms with van der Waals surface area (Å²) < 4.78 is 2.41. The lowest BCUT2D eigenvalue weighted by Gasteiger charge is -2.46. The lowest BCUT2D eigenvalue weighted by atomic mass is 9.62. The zero-order valence-corrected chi connectivity index (χ0v) is 29.8. The molecule has 11 rings (SSSR count). The van der Waals surface area contributed by atoms with Crippen molar-refractivity contribution in [1.29, 1.82) is 0 Å². The highest BCUT2D eigenvalue weighted by atomic mass is 32.2. The van der Waals surface area contributed by atoms with Crippen LogP contribution >= 0.6 is 23.5 Å². The fourth-order valence-electron chi connectivity index (χ4n) is 8.77. The van der Waals surface area contributed by atoms with Crippen molar-refractivity contribution in [3.05, 3.63) is 210 Å². The molecule has 1 nitrogen and oxygen atoms in total. The lowest BCUT2D eigenvalue weighted by molar-refractivity contribution is 0.669. The van der Waals surface area contributed by atoms with Crippen LogP contribution in [0.4, 0.5) is 0 Å². The predicted molar refractivity (Wildman–Crippen MR) is 218 cm³/mol. The van der Waals surface area contributed by atoms with Crippen molar-refractivity contribution in [1.82, 2.24) is 4.57 Å². The van der Waals surface area contributed by atoms with Crippen LogP contribution in [0.2, 0.25) is 0 Å². The van der Waals surface area contributed by atoms with Crippen LogP contribution < -0.4 is 0 Å². The van der Waals surface area contributed by atoms with Gasteiger partial charge in [-0.3, -0.25) is 0 Å². The smallest absolute Gasteiger partial charge is 0.0751 e. The number of fused-ring (bicyclic) bond motifs is 11. The first-order valence-corrected chi connectivity index (χ1v) is 19.4. The Morgan fingerprint density at radius 3 is 1.73 bits per heavy atom. The van der Waals surface area contributed by atoms with E-state index in [1.54, 1.807) is 0 Å². The fraction of sp³-hybridized carbons (Fsp3) is 0.0204. The van der Waals surface area contributed by atoms with Crippen LogP contribution in [-0.4, -0.2) is 4.57 Å². The monoisotopic (exact) mass is 697 g/mol. The molecule has 0 amide bonds. The molecule has 1 aromatic heterocycles. The zero-order valence-electron chi connectivity index (χ0n) is 28.2. The van der Waals surface area contributed by atoms with Crippen molar-refractivity contribution < 1.29 is 0 Å². The Kier molecular flexibility index (Phi) is 6.70. The number of hydrogen-bond acceptors (Lipinski definition) is 2. The minimum absolute atomic E-state index is 0.483. The summed E-state index contributed by atoms with van der Waals surface area (Å²) in [5.41, 5.74) is 13.5. The molecule has 0 aliphatic carbocycles. The van der Waals surface area contributed by atoms with E-state index in [2.05, 4.69) is 193 Å². The SMILES string of the molecule is c1ccc(-c2cccc3c2C2(c4ccccc4Sc4ccccc42)c2ccc(-c4ccc5c6ccccc6n(-c6ccccc6)c5c4)cc2S3)cc1. The molecule has 0 N–H and O–H groups in total. The number of rotatable bonds is 3. The highest BCUT2D eigenvalue weighted by Gasteiger charge is 2.50. The maximum absolute atomic E-state index is 2.45. The van der Waals surface area contributed by atoms with Gasteiger partial charge in [-0.15, -0.1) is 0 Å². The molecule has 8 aromatic carbocycles. The van der Waals surface area contributed by atoms with Gasteiger partial charge in [0.1, 0.15) is 0 Å². The first-order chi connectivity index (χ1) is 25.8. The first-order valence-electron chi connectivity index (χ1n) is 17.8. The van der Waals surface area contributed by atoms with Crippen molar-refractivity contribution in [3.8, 4) is 27.9 Å². The molecule has 0 atom stereocenters. The predicted octanol–water partition coefficient (Wildman–Crippen LogP) is 13.4. The minimum Gasteiger partial charge on any atom is -0.309 e. The summed E-state index contributed by atoms with van der Waals surface area (Å²) >= 11 is 3.81. The van der Waals surface area contributed by atoms with Crippen molar-refractivity contribution >= 4 is 45.3 Å². The normalized spacial score (nSPS) is 13.8. The van der Waals surface area contributed by atoms with E-state index in [0.717, 1.165) is 0 Å². The Morgan fingerprint density at radius 2 is 0.942 bits per heavy atom. The average Bonchev–Trinajstić information content (AvgIpc) is 3.54. The maximum Gasteiger partial charge on any atom is 0.0751 e. The van der Waals surface area contributed by atoms with Crippen LogP contribution in [0.1, 0.15) is 22.3 Å². The Morgan fingerprint density at radius 1 is 0.365 bits per heavy atom. The molecular formula is C49H31NS2. The summed E-state index contributed by atoms with van der Waals surface area (Å²) in [4.78, 5) is 5.24. The van der Waals surface area contributed by atoms with Gasteiger partial charge in [0.05, 0.1) is 16.4 Å². The maximum atomic E-state index is 2.45. The van der Waals surface area contributed by atoms with E-state index in [1.165, 1.54) is 91.6 Å². The number of benzene rings is 8. The molecule has 2 aliphatic heterocycles. The summed E-state index contributed by atoms with van der Waals surface area (Å²) in [6, 6.07) is 69.7. The Balaban J connectivity index is 1.18. The number of nitrogens with zero attached hydrogens (tertiary/aromatic N) is 1. The molecule has 0 radical (unpaired) electrons. The second-order valence-electron chi connectivity index (χ2n) is 13.6. The molecule has 2 aliphatic rings. The minimum atomic E-state index is -0.483. The largest absolute Gasteiger partial charge is 0.309 e. The quantitative estimate of drug-likeness (QED) is 0.181. The highest BCUT2D eigenvalue weighted by Crippen LogP contribution is 2.63. The molecule has 0 saturated heterocycles.